The van der Waals surface area contributed by atoms with Crippen molar-refractivity contribution in [3.05, 3.63) is 29.8 Å². The molecule has 7 heteroatoms. The Kier molecular flexibility index (Phi) is 4.05. The first-order chi connectivity index (χ1) is 10.3. The molecule has 0 atom stereocenters. The molecule has 1 aromatic rings. The van der Waals surface area contributed by atoms with Gasteiger partial charge in [0.1, 0.15) is 0 Å². The Labute approximate surface area is 136 Å². The Bertz CT molecular complexity index is 761. The van der Waals surface area contributed by atoms with E-state index in [1.54, 1.807) is 26.0 Å². The summed E-state index contributed by atoms with van der Waals surface area (Å²) in [4.78, 5) is 24.6. The average molecular weight is 338 g/mol. The van der Waals surface area contributed by atoms with Crippen LogP contribution >= 0.6 is 0 Å². The normalized spacial score (nSPS) is 19.7. The van der Waals surface area contributed by atoms with Gasteiger partial charge in [0, 0.05) is 11.1 Å². The van der Waals surface area contributed by atoms with Crippen LogP contribution in [0.4, 0.5) is 5.69 Å². The van der Waals surface area contributed by atoms with E-state index in [2.05, 4.69) is 5.32 Å². The van der Waals surface area contributed by atoms with Gasteiger partial charge in [0.2, 0.25) is 15.9 Å². The van der Waals surface area contributed by atoms with E-state index in [1.807, 2.05) is 20.8 Å². The molecular weight excluding hydrogens is 316 g/mol. The predicted molar refractivity (Wildman–Crippen MR) is 88.7 cm³/mol. The van der Waals surface area contributed by atoms with Crippen molar-refractivity contribution in [2.45, 2.75) is 40.2 Å². The number of hydrogen-bond acceptors (Lipinski definition) is 4. The number of anilines is 1. The molecule has 1 fully saturated rings. The van der Waals surface area contributed by atoms with E-state index in [4.69, 9.17) is 0 Å². The summed E-state index contributed by atoms with van der Waals surface area (Å²) in [6.07, 6.45) is 0. The van der Waals surface area contributed by atoms with Gasteiger partial charge in [0.05, 0.1) is 16.9 Å². The van der Waals surface area contributed by atoms with Crippen molar-refractivity contribution in [1.82, 2.24) is 5.32 Å². The second-order valence-electron chi connectivity index (χ2n) is 7.46. The molecule has 0 bridgehead atoms. The minimum absolute atomic E-state index is 0.196. The van der Waals surface area contributed by atoms with E-state index in [-0.39, 0.29) is 17.3 Å². The lowest BCUT2D eigenvalue weighted by molar-refractivity contribution is -0.123. The molecule has 2 rings (SSSR count). The van der Waals surface area contributed by atoms with Crippen LogP contribution in [0.2, 0.25) is 0 Å². The first-order valence-corrected chi connectivity index (χ1v) is 8.94. The smallest absolute Gasteiger partial charge is 0.251 e. The van der Waals surface area contributed by atoms with Crippen molar-refractivity contribution >= 4 is 27.5 Å². The maximum absolute atomic E-state index is 12.4. The highest BCUT2D eigenvalue weighted by Crippen LogP contribution is 2.35. The third-order valence-corrected chi connectivity index (χ3v) is 5.44. The topological polar surface area (TPSA) is 83.6 Å². The largest absolute Gasteiger partial charge is 0.347 e. The van der Waals surface area contributed by atoms with Gasteiger partial charge in [-0.15, -0.1) is 0 Å². The summed E-state index contributed by atoms with van der Waals surface area (Å²) in [6, 6.07) is 6.10. The van der Waals surface area contributed by atoms with Crippen LogP contribution in [0, 0.1) is 5.41 Å². The fraction of sp³-hybridized carbons (Fsp3) is 0.500. The molecule has 23 heavy (non-hydrogen) atoms. The van der Waals surface area contributed by atoms with Crippen molar-refractivity contribution in [1.29, 1.82) is 0 Å². The van der Waals surface area contributed by atoms with Crippen LogP contribution < -0.4 is 9.62 Å². The van der Waals surface area contributed by atoms with Crippen molar-refractivity contribution in [2.24, 2.45) is 5.41 Å². The summed E-state index contributed by atoms with van der Waals surface area (Å²) in [7, 11) is -3.72. The second-order valence-corrected chi connectivity index (χ2v) is 9.28. The monoisotopic (exact) mass is 338 g/mol. The molecule has 1 N–H and O–H groups in total. The summed E-state index contributed by atoms with van der Waals surface area (Å²) in [5, 5.41) is 2.81. The molecule has 1 saturated heterocycles. The quantitative estimate of drug-likeness (QED) is 0.893. The van der Waals surface area contributed by atoms with Crippen molar-refractivity contribution < 1.29 is 18.0 Å². The Morgan fingerprint density at radius 3 is 2.35 bits per heavy atom. The predicted octanol–water partition coefficient (Wildman–Crippen LogP) is 1.92. The number of rotatable bonds is 2. The van der Waals surface area contributed by atoms with E-state index in [0.717, 1.165) is 4.31 Å². The van der Waals surface area contributed by atoms with E-state index in [1.165, 1.54) is 12.1 Å². The maximum Gasteiger partial charge on any atom is 0.251 e. The van der Waals surface area contributed by atoms with Gasteiger partial charge in [-0.1, -0.05) is 6.07 Å². The third-order valence-electron chi connectivity index (χ3n) is 3.42. The van der Waals surface area contributed by atoms with Crippen LogP contribution in [0.25, 0.3) is 0 Å². The molecule has 0 saturated carbocycles. The van der Waals surface area contributed by atoms with E-state index >= 15 is 0 Å². The first kappa shape index (κ1) is 17.5. The standard InChI is InChI=1S/C16H22N2O4S/c1-15(2,3)17-13(19)11-7-6-8-12(9-11)18-14(20)16(4,5)10-23(18,21)22/h6-9H,10H2,1-5H3,(H,17,19). The first-order valence-electron chi connectivity index (χ1n) is 7.33. The minimum Gasteiger partial charge on any atom is -0.347 e. The third kappa shape index (κ3) is 3.55. The van der Waals surface area contributed by atoms with Crippen LogP contribution in [0.5, 0.6) is 0 Å². The molecule has 0 unspecified atom stereocenters. The number of benzene rings is 1. The highest BCUT2D eigenvalue weighted by Gasteiger charge is 2.49. The highest BCUT2D eigenvalue weighted by molar-refractivity contribution is 7.94. The average Bonchev–Trinajstić information content (AvgIpc) is 2.51. The molecule has 0 spiro atoms. The van der Waals surface area contributed by atoms with Gasteiger partial charge in [-0.25, -0.2) is 12.7 Å². The summed E-state index contributed by atoms with van der Waals surface area (Å²) in [6.45, 7) is 8.76. The number of carbonyl (C=O) groups excluding carboxylic acids is 2. The maximum atomic E-state index is 12.4. The molecular formula is C16H22N2O4S. The zero-order valence-electron chi connectivity index (χ0n) is 14.0. The Morgan fingerprint density at radius 1 is 1.26 bits per heavy atom. The van der Waals surface area contributed by atoms with Crippen molar-refractivity contribution in [2.75, 3.05) is 10.1 Å². The molecule has 1 aromatic carbocycles. The summed E-state index contributed by atoms with van der Waals surface area (Å²) in [5.74, 6) is -1.04. The zero-order chi connectivity index (χ0) is 17.6. The Balaban J connectivity index is 2.41. The fourth-order valence-electron chi connectivity index (χ4n) is 2.45. The minimum atomic E-state index is -3.72. The zero-order valence-corrected chi connectivity index (χ0v) is 14.8. The van der Waals surface area contributed by atoms with Gasteiger partial charge in [0.15, 0.2) is 0 Å². The highest BCUT2D eigenvalue weighted by atomic mass is 32.2. The summed E-state index contributed by atoms with van der Waals surface area (Å²) < 4.78 is 25.4. The number of hydrogen-bond donors (Lipinski definition) is 1. The number of sulfonamides is 1. The molecule has 1 aliphatic rings. The van der Waals surface area contributed by atoms with E-state index < -0.39 is 26.9 Å². The molecule has 126 valence electrons. The van der Waals surface area contributed by atoms with Gasteiger partial charge >= 0.3 is 0 Å². The van der Waals surface area contributed by atoms with Crippen LogP contribution in [0.15, 0.2) is 24.3 Å². The molecule has 1 heterocycles. The van der Waals surface area contributed by atoms with Gasteiger partial charge in [-0.3, -0.25) is 9.59 Å². The molecule has 0 aromatic heterocycles. The van der Waals surface area contributed by atoms with Crippen molar-refractivity contribution in [3.63, 3.8) is 0 Å². The second kappa shape index (κ2) is 5.33. The lowest BCUT2D eigenvalue weighted by atomic mass is 9.95. The SMILES string of the molecule is CC(C)(C)NC(=O)c1cccc(N2C(=O)C(C)(C)CS2(=O)=O)c1. The summed E-state index contributed by atoms with van der Waals surface area (Å²) in [5.41, 5.74) is -0.875. The van der Waals surface area contributed by atoms with Crippen LogP contribution in [0.1, 0.15) is 45.0 Å². The molecule has 1 aliphatic heterocycles. The lowest BCUT2D eigenvalue weighted by Crippen LogP contribution is -2.40. The molecule has 0 aliphatic carbocycles. The Hall–Kier alpha value is -1.89. The molecule has 6 nitrogen and oxygen atoms in total. The lowest BCUT2D eigenvalue weighted by Gasteiger charge is -2.21. The molecule has 0 radical (unpaired) electrons. The number of carbonyl (C=O) groups is 2. The number of amides is 2. The summed E-state index contributed by atoms with van der Waals surface area (Å²) >= 11 is 0. The van der Waals surface area contributed by atoms with Crippen LogP contribution in [-0.4, -0.2) is 31.5 Å². The van der Waals surface area contributed by atoms with Gasteiger partial charge in [-0.2, -0.15) is 0 Å². The molecule has 2 amide bonds. The number of nitrogens with one attached hydrogen (secondary N) is 1. The number of nitrogens with zero attached hydrogens (tertiary/aromatic N) is 1. The van der Waals surface area contributed by atoms with Gasteiger partial charge < -0.3 is 5.32 Å². The van der Waals surface area contributed by atoms with E-state index in [9.17, 15) is 18.0 Å². The van der Waals surface area contributed by atoms with Crippen LogP contribution in [0.3, 0.4) is 0 Å². The van der Waals surface area contributed by atoms with Crippen LogP contribution in [-0.2, 0) is 14.8 Å². The van der Waals surface area contributed by atoms with E-state index in [0.29, 0.717) is 5.56 Å². The van der Waals surface area contributed by atoms with Crippen molar-refractivity contribution in [3.8, 4) is 0 Å². The fourth-order valence-corrected chi connectivity index (χ4v) is 4.55. The van der Waals surface area contributed by atoms with Gasteiger partial charge in [0.25, 0.3) is 5.91 Å². The Morgan fingerprint density at radius 2 is 1.87 bits per heavy atom. The van der Waals surface area contributed by atoms with Gasteiger partial charge in [-0.05, 0) is 52.8 Å².